The lowest BCUT2D eigenvalue weighted by Gasteiger charge is -2.30. The van der Waals surface area contributed by atoms with Crippen molar-refractivity contribution in [1.82, 2.24) is 9.79 Å². The van der Waals surface area contributed by atoms with E-state index in [2.05, 4.69) is 16.2 Å². The van der Waals surface area contributed by atoms with Crippen LogP contribution in [0.3, 0.4) is 0 Å². The van der Waals surface area contributed by atoms with Crippen LogP contribution >= 0.6 is 0 Å². The van der Waals surface area contributed by atoms with Crippen molar-refractivity contribution in [2.45, 2.75) is 43.9 Å². The van der Waals surface area contributed by atoms with Gasteiger partial charge in [0, 0.05) is 18.7 Å². The molecule has 0 aromatic rings. The lowest BCUT2D eigenvalue weighted by molar-refractivity contribution is -0.118. The lowest BCUT2D eigenvalue weighted by Crippen LogP contribution is -2.43. The van der Waals surface area contributed by atoms with Gasteiger partial charge in [0.2, 0.25) is 15.9 Å². The first-order valence-electron chi connectivity index (χ1n) is 6.52. The van der Waals surface area contributed by atoms with E-state index in [0.29, 0.717) is 18.4 Å². The number of halogens is 1. The van der Waals surface area contributed by atoms with Gasteiger partial charge in [-0.2, -0.15) is 8.42 Å². The van der Waals surface area contributed by atoms with Gasteiger partial charge >= 0.3 is 10.5 Å². The molecule has 0 aromatic heterocycles. The Balaban J connectivity index is 2.63. The molecule has 0 spiro atoms. The molecule has 0 aliphatic heterocycles. The van der Waals surface area contributed by atoms with Crippen molar-refractivity contribution in [3.8, 4) is 0 Å². The smallest absolute Gasteiger partial charge is 0.350 e. The summed E-state index contributed by atoms with van der Waals surface area (Å²) in [4.78, 5) is 11.5. The highest BCUT2D eigenvalue weighted by molar-refractivity contribution is 7.90. The molecule has 0 atom stereocenters. The van der Waals surface area contributed by atoms with Gasteiger partial charge in [-0.15, -0.1) is 4.28 Å². The minimum atomic E-state index is -5.40. The molecule has 0 aromatic carbocycles. The Hall–Kier alpha value is -1.04. The van der Waals surface area contributed by atoms with E-state index in [9.17, 15) is 25.5 Å². The van der Waals surface area contributed by atoms with Crippen LogP contribution in [-0.4, -0.2) is 45.6 Å². The molecule has 1 saturated carbocycles. The van der Waals surface area contributed by atoms with Gasteiger partial charge in [0.15, 0.2) is 0 Å². The molecule has 1 amide bonds. The van der Waals surface area contributed by atoms with E-state index in [4.69, 9.17) is 0 Å². The highest BCUT2D eigenvalue weighted by Crippen LogP contribution is 2.26. The molecule has 1 aliphatic rings. The molecule has 22 heavy (non-hydrogen) atoms. The number of sulfonamides is 1. The van der Waals surface area contributed by atoms with Crippen LogP contribution in [0.25, 0.3) is 0 Å². The summed E-state index contributed by atoms with van der Waals surface area (Å²) in [5.74, 6) is -0.296. The molecule has 1 rings (SSSR count). The average molecular weight is 358 g/mol. The lowest BCUT2D eigenvalue weighted by atomic mass is 9.95. The number of hydroxylamine groups is 1. The molecule has 0 bridgehead atoms. The summed E-state index contributed by atoms with van der Waals surface area (Å²) in [6.45, 7) is 5.07. The first kappa shape index (κ1) is 19.0. The minimum absolute atomic E-state index is 0.0276. The van der Waals surface area contributed by atoms with Gasteiger partial charge in [-0.1, -0.05) is 14.9 Å². The summed E-state index contributed by atoms with van der Waals surface area (Å²) in [5.41, 5.74) is 0.357. The molecule has 8 nitrogen and oxygen atoms in total. The molecule has 1 fully saturated rings. The normalized spacial score (nSPS) is 23.3. The predicted octanol–water partition coefficient (Wildman–Crippen LogP) is 0.397. The van der Waals surface area contributed by atoms with Crippen LogP contribution in [-0.2, 0) is 29.6 Å². The fourth-order valence-electron chi connectivity index (χ4n) is 2.19. The first-order chi connectivity index (χ1) is 9.93. The van der Waals surface area contributed by atoms with Crippen LogP contribution in [0.5, 0.6) is 0 Å². The standard InChI is InChI=1S/C11H19FN2O6S2/c1-8(2)11(15)13-9-4-6-10(7-5-9)21(16,17)14(3)20-22(12,18)19/h9-10H,1,4-7H2,2-3H3,(H,13,15). The Labute approximate surface area is 129 Å². The Morgan fingerprint density at radius 2 is 1.73 bits per heavy atom. The third kappa shape index (κ3) is 5.30. The van der Waals surface area contributed by atoms with Gasteiger partial charge in [-0.05, 0) is 32.6 Å². The number of hydrogen-bond donors (Lipinski definition) is 1. The highest BCUT2D eigenvalue weighted by Gasteiger charge is 2.36. The van der Waals surface area contributed by atoms with Crippen LogP contribution in [0.15, 0.2) is 12.2 Å². The first-order valence-corrected chi connectivity index (χ1v) is 9.33. The van der Waals surface area contributed by atoms with Gasteiger partial charge in [-0.3, -0.25) is 4.79 Å². The zero-order valence-corrected chi connectivity index (χ0v) is 13.9. The number of carbonyl (C=O) groups excluding carboxylic acids is 1. The molecule has 0 radical (unpaired) electrons. The molecule has 11 heteroatoms. The van der Waals surface area contributed by atoms with Gasteiger partial charge in [-0.25, -0.2) is 8.42 Å². The van der Waals surface area contributed by atoms with Crippen molar-refractivity contribution in [2.75, 3.05) is 7.05 Å². The highest BCUT2D eigenvalue weighted by atomic mass is 32.3. The predicted molar refractivity (Wildman–Crippen MR) is 76.8 cm³/mol. The van der Waals surface area contributed by atoms with Crippen LogP contribution < -0.4 is 5.32 Å². The molecular weight excluding hydrogens is 339 g/mol. The molecule has 0 unspecified atom stereocenters. The minimum Gasteiger partial charge on any atom is -0.350 e. The summed E-state index contributed by atoms with van der Waals surface area (Å²) >= 11 is 0. The molecule has 1 N–H and O–H groups in total. The molecule has 1 aliphatic carbocycles. The van der Waals surface area contributed by atoms with Gasteiger partial charge < -0.3 is 5.32 Å². The largest absolute Gasteiger partial charge is 0.455 e. The number of nitrogens with zero attached hydrogens (tertiary/aromatic N) is 1. The maximum atomic E-state index is 12.4. The second-order valence-electron chi connectivity index (χ2n) is 5.15. The zero-order valence-electron chi connectivity index (χ0n) is 12.3. The molecule has 0 saturated heterocycles. The Morgan fingerprint density at radius 1 is 1.23 bits per heavy atom. The van der Waals surface area contributed by atoms with E-state index in [0.717, 1.165) is 7.05 Å². The maximum absolute atomic E-state index is 12.4. The summed E-state index contributed by atoms with van der Waals surface area (Å²) in [7, 11) is -8.68. The molecule has 0 heterocycles. The topological polar surface area (TPSA) is 110 Å². The monoisotopic (exact) mass is 358 g/mol. The van der Waals surface area contributed by atoms with E-state index in [1.165, 1.54) is 0 Å². The van der Waals surface area contributed by atoms with Crippen molar-refractivity contribution in [1.29, 1.82) is 0 Å². The van der Waals surface area contributed by atoms with E-state index in [1.54, 1.807) is 6.92 Å². The summed E-state index contributed by atoms with van der Waals surface area (Å²) in [6, 6.07) is -0.174. The van der Waals surface area contributed by atoms with E-state index < -0.39 is 25.8 Å². The molecule has 128 valence electrons. The van der Waals surface area contributed by atoms with Gasteiger partial charge in [0.1, 0.15) is 0 Å². The quantitative estimate of drug-likeness (QED) is 0.418. The number of carbonyl (C=O) groups is 1. The Bertz CT molecular complexity index is 637. The second kappa shape index (κ2) is 7.02. The third-order valence-electron chi connectivity index (χ3n) is 3.37. The van der Waals surface area contributed by atoms with Crippen LogP contribution in [0.4, 0.5) is 3.89 Å². The number of nitrogens with one attached hydrogen (secondary N) is 1. The number of amides is 1. The zero-order chi connectivity index (χ0) is 17.1. The Morgan fingerprint density at radius 3 is 2.14 bits per heavy atom. The SMILES string of the molecule is C=C(C)C(=O)NC1CCC(S(=O)(=O)N(C)OS(=O)(=O)F)CC1. The fourth-order valence-corrected chi connectivity index (χ4v) is 4.29. The van der Waals surface area contributed by atoms with E-state index in [1.807, 2.05) is 0 Å². The van der Waals surface area contributed by atoms with E-state index in [-0.39, 0.29) is 29.3 Å². The molecular formula is C11H19FN2O6S2. The van der Waals surface area contributed by atoms with Crippen molar-refractivity contribution in [2.24, 2.45) is 0 Å². The summed E-state index contributed by atoms with van der Waals surface area (Å²) in [5, 5.41) is 1.83. The average Bonchev–Trinajstić information content (AvgIpc) is 2.37. The van der Waals surface area contributed by atoms with Crippen molar-refractivity contribution in [3.05, 3.63) is 12.2 Å². The summed E-state index contributed by atoms with van der Waals surface area (Å²) < 4.78 is 61.0. The summed E-state index contributed by atoms with van der Waals surface area (Å²) in [6.07, 6.45) is 1.20. The van der Waals surface area contributed by atoms with Crippen molar-refractivity contribution >= 4 is 26.4 Å². The second-order valence-corrected chi connectivity index (χ2v) is 8.30. The van der Waals surface area contributed by atoms with Crippen LogP contribution in [0.1, 0.15) is 32.6 Å². The van der Waals surface area contributed by atoms with Crippen molar-refractivity contribution < 1.29 is 29.8 Å². The number of rotatable bonds is 6. The number of hydrogen-bond acceptors (Lipinski definition) is 6. The van der Waals surface area contributed by atoms with Gasteiger partial charge in [0.25, 0.3) is 0 Å². The van der Waals surface area contributed by atoms with Gasteiger partial charge in [0.05, 0.1) is 5.25 Å². The van der Waals surface area contributed by atoms with Crippen LogP contribution in [0, 0.1) is 0 Å². The third-order valence-corrected chi connectivity index (χ3v) is 5.97. The van der Waals surface area contributed by atoms with Crippen LogP contribution in [0.2, 0.25) is 0 Å². The fraction of sp³-hybridized carbons (Fsp3) is 0.727. The Kier molecular flexibility index (Phi) is 6.07. The van der Waals surface area contributed by atoms with Crippen molar-refractivity contribution in [3.63, 3.8) is 0 Å². The maximum Gasteiger partial charge on any atom is 0.455 e. The van der Waals surface area contributed by atoms with E-state index >= 15 is 0 Å².